The molecule has 2 aromatic carbocycles. The van der Waals surface area contributed by atoms with Gasteiger partial charge in [-0.1, -0.05) is 60.7 Å². The summed E-state index contributed by atoms with van der Waals surface area (Å²) in [6, 6.07) is 19.9. The lowest BCUT2D eigenvalue weighted by molar-refractivity contribution is -0.254. The van der Waals surface area contributed by atoms with Crippen molar-refractivity contribution < 1.29 is 19.4 Å². The number of methoxy groups -OCH3 is 2. The maximum absolute atomic E-state index is 12.2. The van der Waals surface area contributed by atoms with Crippen molar-refractivity contribution in [2.45, 2.75) is 31.6 Å². The van der Waals surface area contributed by atoms with Gasteiger partial charge in [0, 0.05) is 26.3 Å². The number of carbonyl (C=O) groups is 1. The number of nitrogens with zero attached hydrogens (tertiary/aromatic N) is 1. The second-order valence-corrected chi connectivity index (χ2v) is 7.77. The van der Waals surface area contributed by atoms with E-state index in [0.29, 0.717) is 12.3 Å². The second kappa shape index (κ2) is 10.0. The van der Waals surface area contributed by atoms with Crippen molar-refractivity contribution in [1.82, 2.24) is 4.90 Å². The topological polar surface area (TPSA) is 59.0 Å². The van der Waals surface area contributed by atoms with Gasteiger partial charge in [-0.25, -0.2) is 0 Å². The summed E-state index contributed by atoms with van der Waals surface area (Å²) in [7, 11) is 3.05. The fourth-order valence-electron chi connectivity index (χ4n) is 4.45. The number of hydrogen-bond donors (Lipinski definition) is 1. The number of ether oxygens (including phenoxy) is 2. The first-order valence-corrected chi connectivity index (χ1v) is 10.2. The molecule has 1 unspecified atom stereocenters. The number of likely N-dealkylation sites (tertiary alicyclic amines) is 1. The minimum Gasteiger partial charge on any atom is -0.481 e. The molecule has 0 saturated carbocycles. The zero-order valence-electron chi connectivity index (χ0n) is 17.3. The van der Waals surface area contributed by atoms with Gasteiger partial charge in [0.25, 0.3) is 0 Å². The van der Waals surface area contributed by atoms with Gasteiger partial charge in [0.15, 0.2) is 0 Å². The van der Waals surface area contributed by atoms with Crippen LogP contribution in [0.2, 0.25) is 0 Å². The molecular formula is C24H31NO4. The molecule has 5 heteroatoms. The molecule has 0 bridgehead atoms. The van der Waals surface area contributed by atoms with E-state index in [1.807, 2.05) is 36.4 Å². The lowest BCUT2D eigenvalue weighted by Gasteiger charge is -2.39. The van der Waals surface area contributed by atoms with Gasteiger partial charge in [-0.15, -0.1) is 0 Å². The molecule has 1 aliphatic rings. The monoisotopic (exact) mass is 397 g/mol. The van der Waals surface area contributed by atoms with Gasteiger partial charge in [0.05, 0.1) is 0 Å². The van der Waals surface area contributed by atoms with E-state index in [2.05, 4.69) is 29.2 Å². The number of rotatable bonds is 9. The molecule has 29 heavy (non-hydrogen) atoms. The normalized spacial score (nSPS) is 17.2. The summed E-state index contributed by atoms with van der Waals surface area (Å²) in [4.78, 5) is 14.7. The highest BCUT2D eigenvalue weighted by molar-refractivity contribution is 5.71. The Morgan fingerprint density at radius 1 is 1.03 bits per heavy atom. The predicted molar refractivity (Wildman–Crippen MR) is 112 cm³/mol. The van der Waals surface area contributed by atoms with E-state index in [0.717, 1.165) is 38.0 Å². The van der Waals surface area contributed by atoms with Crippen LogP contribution in [0.4, 0.5) is 0 Å². The van der Waals surface area contributed by atoms with Gasteiger partial charge in [0.1, 0.15) is 5.92 Å². The summed E-state index contributed by atoms with van der Waals surface area (Å²) in [5.41, 5.74) is 2.05. The molecule has 1 fully saturated rings. The van der Waals surface area contributed by atoms with Gasteiger partial charge in [-0.05, 0) is 43.8 Å². The van der Waals surface area contributed by atoms with Crippen molar-refractivity contribution in [2.24, 2.45) is 11.8 Å². The Morgan fingerprint density at radius 3 is 2.10 bits per heavy atom. The number of carboxylic acid groups (broad SMARTS) is 1. The summed E-state index contributed by atoms with van der Waals surface area (Å²) in [6.45, 7) is 2.90. The van der Waals surface area contributed by atoms with Crippen molar-refractivity contribution in [1.29, 1.82) is 0 Å². The molecule has 1 heterocycles. The van der Waals surface area contributed by atoms with E-state index in [1.54, 1.807) is 0 Å². The molecule has 1 atom stereocenters. The number of carboxylic acids is 1. The molecule has 0 radical (unpaired) electrons. The smallest absolute Gasteiger partial charge is 0.312 e. The van der Waals surface area contributed by atoms with Gasteiger partial charge in [-0.3, -0.25) is 9.69 Å². The maximum atomic E-state index is 12.2. The summed E-state index contributed by atoms with van der Waals surface area (Å²) in [6.07, 6.45) is 2.49. The third-order valence-corrected chi connectivity index (χ3v) is 6.06. The molecule has 1 N–H and O–H groups in total. The average Bonchev–Trinajstić information content (AvgIpc) is 2.77. The van der Waals surface area contributed by atoms with E-state index in [-0.39, 0.29) is 0 Å². The number of hydrogen-bond acceptors (Lipinski definition) is 4. The first kappa shape index (κ1) is 21.5. The highest BCUT2D eigenvalue weighted by atomic mass is 16.7. The molecular weight excluding hydrogens is 366 g/mol. The Morgan fingerprint density at radius 2 is 1.59 bits per heavy atom. The zero-order chi connectivity index (χ0) is 20.7. The van der Waals surface area contributed by atoms with Crippen molar-refractivity contribution >= 4 is 5.97 Å². The molecule has 0 amide bonds. The van der Waals surface area contributed by atoms with E-state index < -0.39 is 17.7 Å². The predicted octanol–water partition coefficient (Wildman–Crippen LogP) is 4.14. The van der Waals surface area contributed by atoms with Crippen LogP contribution in [0.1, 0.15) is 30.4 Å². The first-order chi connectivity index (χ1) is 14.1. The van der Waals surface area contributed by atoms with Gasteiger partial charge < -0.3 is 14.6 Å². The van der Waals surface area contributed by atoms with Crippen molar-refractivity contribution in [3.63, 3.8) is 0 Å². The molecule has 0 aliphatic carbocycles. The van der Waals surface area contributed by atoms with Crippen LogP contribution >= 0.6 is 0 Å². The number of aliphatic carboxylic acids is 1. The Kier molecular flexibility index (Phi) is 7.42. The van der Waals surface area contributed by atoms with Crippen LogP contribution in [0.5, 0.6) is 0 Å². The summed E-state index contributed by atoms with van der Waals surface area (Å²) >= 11 is 0. The van der Waals surface area contributed by atoms with Crippen LogP contribution in [-0.4, -0.2) is 43.3 Å². The number of benzene rings is 2. The zero-order valence-corrected chi connectivity index (χ0v) is 17.3. The molecule has 1 aliphatic heterocycles. The molecule has 0 spiro atoms. The summed E-state index contributed by atoms with van der Waals surface area (Å²) < 4.78 is 11.4. The first-order valence-electron chi connectivity index (χ1n) is 10.2. The Labute approximate surface area is 173 Å². The highest BCUT2D eigenvalue weighted by Gasteiger charge is 2.47. The van der Waals surface area contributed by atoms with E-state index in [1.165, 1.54) is 19.8 Å². The maximum Gasteiger partial charge on any atom is 0.312 e. The van der Waals surface area contributed by atoms with Crippen LogP contribution < -0.4 is 0 Å². The van der Waals surface area contributed by atoms with Crippen LogP contribution in [-0.2, 0) is 26.6 Å². The number of piperidine rings is 1. The van der Waals surface area contributed by atoms with E-state index in [4.69, 9.17) is 9.47 Å². The second-order valence-electron chi connectivity index (χ2n) is 7.77. The molecule has 5 nitrogen and oxygen atoms in total. The van der Waals surface area contributed by atoms with Crippen molar-refractivity contribution in [3.05, 3.63) is 71.8 Å². The molecule has 156 valence electrons. The quantitative estimate of drug-likeness (QED) is 0.645. The largest absolute Gasteiger partial charge is 0.481 e. The fraction of sp³-hybridized carbons (Fsp3) is 0.458. The SMILES string of the molecule is COC(OC)(c1ccccc1)C(CC1CCN(Cc2ccccc2)CC1)C(=O)O. The molecule has 3 rings (SSSR count). The van der Waals surface area contributed by atoms with E-state index >= 15 is 0 Å². The van der Waals surface area contributed by atoms with Crippen LogP contribution in [0.15, 0.2) is 60.7 Å². The third-order valence-electron chi connectivity index (χ3n) is 6.06. The highest BCUT2D eigenvalue weighted by Crippen LogP contribution is 2.40. The van der Waals surface area contributed by atoms with Crippen LogP contribution in [0.25, 0.3) is 0 Å². The van der Waals surface area contributed by atoms with Gasteiger partial charge >= 0.3 is 5.97 Å². The van der Waals surface area contributed by atoms with Gasteiger partial charge in [0.2, 0.25) is 5.79 Å². The summed E-state index contributed by atoms with van der Waals surface area (Å²) in [5.74, 6) is -2.61. The minimum atomic E-state index is -1.28. The Bertz CT molecular complexity index is 753. The molecule has 1 saturated heterocycles. The lowest BCUT2D eigenvalue weighted by Crippen LogP contribution is -2.45. The van der Waals surface area contributed by atoms with Crippen molar-refractivity contribution in [2.75, 3.05) is 27.3 Å². The third kappa shape index (κ3) is 5.04. The Hall–Kier alpha value is -2.21. The average molecular weight is 398 g/mol. The van der Waals surface area contributed by atoms with Crippen LogP contribution in [0, 0.1) is 11.8 Å². The van der Waals surface area contributed by atoms with Crippen molar-refractivity contribution in [3.8, 4) is 0 Å². The van der Waals surface area contributed by atoms with Crippen LogP contribution in [0.3, 0.4) is 0 Å². The molecule has 2 aromatic rings. The standard InChI is InChI=1S/C24H31NO4/c1-28-24(29-2,21-11-7-4-8-12-21)22(23(26)27)17-19-13-15-25(16-14-19)18-20-9-5-3-6-10-20/h3-12,19,22H,13-18H2,1-2H3,(H,26,27). The molecule has 0 aromatic heterocycles. The van der Waals surface area contributed by atoms with E-state index in [9.17, 15) is 9.90 Å². The Balaban J connectivity index is 1.67. The van der Waals surface area contributed by atoms with Gasteiger partial charge in [-0.2, -0.15) is 0 Å². The minimum absolute atomic E-state index is 0.330. The fourth-order valence-corrected chi connectivity index (χ4v) is 4.45. The lowest BCUT2D eigenvalue weighted by atomic mass is 9.80. The summed E-state index contributed by atoms with van der Waals surface area (Å²) in [5, 5.41) is 10.0.